The van der Waals surface area contributed by atoms with Gasteiger partial charge in [0.2, 0.25) is 0 Å². The Kier molecular flexibility index (Phi) is 4.52. The normalized spacial score (nSPS) is 18.9. The van der Waals surface area contributed by atoms with Crippen LogP contribution in [0.25, 0.3) is 0 Å². The first-order valence-corrected chi connectivity index (χ1v) is 9.05. The minimum atomic E-state index is -0.438. The van der Waals surface area contributed by atoms with E-state index in [4.69, 9.17) is 14.2 Å². The Balaban J connectivity index is 2.03. The molecule has 0 amide bonds. The van der Waals surface area contributed by atoms with Crippen LogP contribution in [0.3, 0.4) is 0 Å². The van der Waals surface area contributed by atoms with Gasteiger partial charge in [0.25, 0.3) is 0 Å². The van der Waals surface area contributed by atoms with Gasteiger partial charge in [-0.25, -0.2) is 0 Å². The van der Waals surface area contributed by atoms with Crippen LogP contribution in [0.1, 0.15) is 41.9 Å². The zero-order chi connectivity index (χ0) is 19.0. The number of allylic oxidation sites excluding steroid dienone is 2. The molecule has 0 radical (unpaired) electrons. The predicted octanol–water partition coefficient (Wildman–Crippen LogP) is 4.29. The van der Waals surface area contributed by atoms with Gasteiger partial charge >= 0.3 is 0 Å². The Morgan fingerprint density at radius 1 is 1.11 bits per heavy atom. The van der Waals surface area contributed by atoms with Crippen molar-refractivity contribution in [2.45, 2.75) is 31.8 Å². The predicted molar refractivity (Wildman–Crippen MR) is 101 cm³/mol. The molecule has 2 aromatic rings. The number of fused-ring (bicyclic) bond motifs is 2. The first kappa shape index (κ1) is 17.5. The number of aliphatic hydroxyl groups is 1. The average Bonchev–Trinajstić information content (AvgIpc) is 2.85. The average molecular weight is 366 g/mol. The molecular weight excluding hydrogens is 344 g/mol. The van der Waals surface area contributed by atoms with Gasteiger partial charge in [-0.05, 0) is 18.6 Å². The molecule has 4 rings (SSSR count). The molecule has 5 heteroatoms. The maximum Gasteiger partial charge on any atom is 0.163 e. The summed E-state index contributed by atoms with van der Waals surface area (Å²) in [5.74, 6) is 1.69. The van der Waals surface area contributed by atoms with Crippen molar-refractivity contribution in [3.8, 4) is 17.2 Å². The van der Waals surface area contributed by atoms with E-state index in [9.17, 15) is 9.90 Å². The van der Waals surface area contributed by atoms with E-state index in [0.29, 0.717) is 48.7 Å². The lowest BCUT2D eigenvalue weighted by Crippen LogP contribution is -2.20. The van der Waals surface area contributed by atoms with Gasteiger partial charge in [-0.3, -0.25) is 4.79 Å². The van der Waals surface area contributed by atoms with Gasteiger partial charge in [-0.1, -0.05) is 18.2 Å². The minimum Gasteiger partial charge on any atom is -0.512 e. The highest BCUT2D eigenvalue weighted by molar-refractivity contribution is 5.99. The second-order valence-electron chi connectivity index (χ2n) is 6.80. The minimum absolute atomic E-state index is 0.0238. The van der Waals surface area contributed by atoms with Crippen LogP contribution in [-0.4, -0.2) is 25.1 Å². The lowest BCUT2D eigenvalue weighted by Gasteiger charge is -2.27. The van der Waals surface area contributed by atoms with Crippen LogP contribution in [-0.2, 0) is 11.4 Å². The number of Topliss-reactive ketones (excluding diaryl/α,β-unsaturated/α-hetero) is 1. The number of ketones is 1. The zero-order valence-corrected chi connectivity index (χ0v) is 15.5. The van der Waals surface area contributed by atoms with Crippen molar-refractivity contribution >= 4 is 5.78 Å². The van der Waals surface area contributed by atoms with Crippen LogP contribution < -0.4 is 14.2 Å². The lowest BCUT2D eigenvalue weighted by molar-refractivity contribution is -0.116. The molecule has 5 nitrogen and oxygen atoms in total. The number of hydrogen-bond acceptors (Lipinski definition) is 5. The molecule has 1 aliphatic carbocycles. The van der Waals surface area contributed by atoms with Crippen molar-refractivity contribution in [2.24, 2.45) is 0 Å². The van der Waals surface area contributed by atoms with Gasteiger partial charge in [0.05, 0.1) is 20.0 Å². The van der Waals surface area contributed by atoms with Crippen LogP contribution in [0.2, 0.25) is 0 Å². The highest BCUT2D eigenvalue weighted by atomic mass is 16.5. The van der Waals surface area contributed by atoms with Crippen molar-refractivity contribution < 1.29 is 24.1 Å². The summed E-state index contributed by atoms with van der Waals surface area (Å²) in [6.07, 6.45) is 1.62. The number of carbonyl (C=O) groups excluding carboxylic acids is 1. The molecular formula is C22H22O5. The van der Waals surface area contributed by atoms with Gasteiger partial charge in [-0.2, -0.15) is 0 Å². The van der Waals surface area contributed by atoms with Crippen LogP contribution in [0.5, 0.6) is 17.2 Å². The molecule has 1 unspecified atom stereocenters. The Bertz CT molecular complexity index is 928. The molecule has 27 heavy (non-hydrogen) atoms. The molecule has 0 saturated carbocycles. The van der Waals surface area contributed by atoms with Gasteiger partial charge < -0.3 is 19.3 Å². The van der Waals surface area contributed by atoms with E-state index in [-0.39, 0.29) is 11.5 Å². The number of para-hydroxylation sites is 1. The van der Waals surface area contributed by atoms with E-state index in [1.54, 1.807) is 14.2 Å². The third kappa shape index (κ3) is 2.93. The zero-order valence-electron chi connectivity index (χ0n) is 15.5. The number of ether oxygens (including phenoxy) is 3. The Morgan fingerprint density at radius 2 is 1.93 bits per heavy atom. The van der Waals surface area contributed by atoms with E-state index >= 15 is 0 Å². The van der Waals surface area contributed by atoms with Crippen molar-refractivity contribution in [3.05, 3.63) is 64.4 Å². The number of rotatable bonds is 3. The highest BCUT2D eigenvalue weighted by Crippen LogP contribution is 2.48. The van der Waals surface area contributed by atoms with Crippen LogP contribution >= 0.6 is 0 Å². The summed E-state index contributed by atoms with van der Waals surface area (Å²) in [6.45, 7) is 0.332. The summed E-state index contributed by atoms with van der Waals surface area (Å²) in [6, 6.07) is 11.4. The number of aliphatic hydroxyl groups excluding tert-OH is 1. The fourth-order valence-corrected chi connectivity index (χ4v) is 4.03. The van der Waals surface area contributed by atoms with Crippen molar-refractivity contribution in [2.75, 3.05) is 14.2 Å². The van der Waals surface area contributed by atoms with Crippen LogP contribution in [0, 0.1) is 0 Å². The number of methoxy groups -OCH3 is 2. The summed E-state index contributed by atoms with van der Waals surface area (Å²) in [5, 5.41) is 10.7. The molecule has 1 atom stereocenters. The van der Waals surface area contributed by atoms with Gasteiger partial charge in [0, 0.05) is 47.1 Å². The van der Waals surface area contributed by atoms with Crippen molar-refractivity contribution in [1.29, 1.82) is 0 Å². The van der Waals surface area contributed by atoms with Crippen LogP contribution in [0.15, 0.2) is 47.7 Å². The maximum absolute atomic E-state index is 12.8. The summed E-state index contributed by atoms with van der Waals surface area (Å²) in [7, 11) is 3.20. The topological polar surface area (TPSA) is 65.0 Å². The molecule has 1 N–H and O–H groups in total. The Hall–Kier alpha value is -2.95. The van der Waals surface area contributed by atoms with Gasteiger partial charge in [-0.15, -0.1) is 0 Å². The molecule has 1 aliphatic heterocycles. The second-order valence-corrected chi connectivity index (χ2v) is 6.80. The van der Waals surface area contributed by atoms with Crippen LogP contribution in [0.4, 0.5) is 0 Å². The standard InChI is InChI=1S/C22H22O5/c1-25-14-10-13-12-27-18-9-4-3-6-15(18)21(20(13)19(11-14)26-2)22-16(23)7-5-8-17(22)24/h3-4,6,9-11,21,23H,5,7-8,12H2,1-2H3. The summed E-state index contributed by atoms with van der Waals surface area (Å²) >= 11 is 0. The van der Waals surface area contributed by atoms with E-state index < -0.39 is 5.92 Å². The van der Waals surface area contributed by atoms with E-state index in [2.05, 4.69) is 0 Å². The summed E-state index contributed by atoms with van der Waals surface area (Å²) < 4.78 is 17.1. The van der Waals surface area contributed by atoms with Gasteiger partial charge in [0.1, 0.15) is 23.9 Å². The molecule has 0 saturated heterocycles. The number of benzene rings is 2. The Labute approximate surface area is 158 Å². The molecule has 0 spiro atoms. The quantitative estimate of drug-likeness (QED) is 0.878. The molecule has 0 fully saturated rings. The number of hydrogen-bond donors (Lipinski definition) is 1. The Morgan fingerprint density at radius 3 is 2.67 bits per heavy atom. The van der Waals surface area contributed by atoms with Gasteiger partial charge in [0.15, 0.2) is 5.78 Å². The molecule has 140 valence electrons. The fourth-order valence-electron chi connectivity index (χ4n) is 4.03. The SMILES string of the molecule is COc1cc2c(c(OC)c1)C(C1=C(O)CCCC1=O)c1ccccc1OC2. The summed E-state index contributed by atoms with van der Waals surface area (Å²) in [5.41, 5.74) is 3.03. The van der Waals surface area contributed by atoms with Crippen molar-refractivity contribution in [3.63, 3.8) is 0 Å². The first-order valence-electron chi connectivity index (χ1n) is 9.05. The van der Waals surface area contributed by atoms with E-state index in [1.165, 1.54) is 0 Å². The monoisotopic (exact) mass is 366 g/mol. The van der Waals surface area contributed by atoms with E-state index in [0.717, 1.165) is 16.7 Å². The smallest absolute Gasteiger partial charge is 0.163 e. The number of carbonyl (C=O) groups is 1. The molecule has 2 aliphatic rings. The largest absolute Gasteiger partial charge is 0.512 e. The third-order valence-electron chi connectivity index (χ3n) is 5.28. The molecule has 0 aromatic heterocycles. The fraction of sp³-hybridized carbons (Fsp3) is 0.318. The highest BCUT2D eigenvalue weighted by Gasteiger charge is 2.36. The van der Waals surface area contributed by atoms with Crippen molar-refractivity contribution in [1.82, 2.24) is 0 Å². The third-order valence-corrected chi connectivity index (χ3v) is 5.28. The lowest BCUT2D eigenvalue weighted by atomic mass is 9.77. The second kappa shape index (κ2) is 6.99. The first-order chi connectivity index (χ1) is 13.1. The maximum atomic E-state index is 12.8. The molecule has 0 bridgehead atoms. The summed E-state index contributed by atoms with van der Waals surface area (Å²) in [4.78, 5) is 12.8. The molecule has 2 aromatic carbocycles. The molecule has 1 heterocycles. The van der Waals surface area contributed by atoms with E-state index in [1.807, 2.05) is 36.4 Å².